The number of anilines is 1. The summed E-state index contributed by atoms with van der Waals surface area (Å²) in [5.41, 5.74) is 6.58. The second-order valence-corrected chi connectivity index (χ2v) is 3.11. The Kier molecular flexibility index (Phi) is 2.48. The number of nitrogens with zero attached hydrogens (tertiary/aromatic N) is 3. The quantitative estimate of drug-likeness (QED) is 0.784. The lowest BCUT2D eigenvalue weighted by molar-refractivity contribution is 0.619. The Morgan fingerprint density at radius 1 is 1.25 bits per heavy atom. The minimum Gasteiger partial charge on any atom is -0.368 e. The molecule has 2 N–H and O–H groups in total. The highest BCUT2D eigenvalue weighted by molar-refractivity contribution is 5.61. The minimum atomic E-state index is -0.543. The number of hydrogen-bond donors (Lipinski definition) is 1. The molecule has 0 radical (unpaired) electrons. The molecule has 1 heterocycles. The van der Waals surface area contributed by atoms with E-state index in [1.807, 2.05) is 6.07 Å². The summed E-state index contributed by atoms with van der Waals surface area (Å²) in [7, 11) is 0. The molecule has 0 unspecified atom stereocenters. The summed E-state index contributed by atoms with van der Waals surface area (Å²) in [6.45, 7) is 0. The van der Waals surface area contributed by atoms with Crippen molar-refractivity contribution in [2.24, 2.45) is 0 Å². The van der Waals surface area contributed by atoms with Crippen LogP contribution in [0.2, 0.25) is 0 Å². The smallest absolute Gasteiger partial charge is 0.220 e. The van der Waals surface area contributed by atoms with Crippen molar-refractivity contribution in [2.75, 3.05) is 5.73 Å². The molecule has 2 rings (SSSR count). The molecular weight excluding hydrogens is 207 g/mol. The van der Waals surface area contributed by atoms with E-state index >= 15 is 0 Å². The molecule has 2 aromatic rings. The number of rotatable bonds is 1. The molecule has 1 aromatic carbocycles. The minimum absolute atomic E-state index is 0.0146. The van der Waals surface area contributed by atoms with Crippen LogP contribution >= 0.6 is 0 Å². The highest BCUT2D eigenvalue weighted by Crippen LogP contribution is 2.20. The molecule has 78 valence electrons. The summed E-state index contributed by atoms with van der Waals surface area (Å²) < 4.78 is 13.4. The van der Waals surface area contributed by atoms with Gasteiger partial charge < -0.3 is 5.73 Å². The third kappa shape index (κ3) is 1.81. The van der Waals surface area contributed by atoms with Crippen LogP contribution in [0.5, 0.6) is 0 Å². The van der Waals surface area contributed by atoms with Crippen LogP contribution in [0.15, 0.2) is 30.5 Å². The van der Waals surface area contributed by atoms with Crippen LogP contribution in [-0.4, -0.2) is 9.97 Å². The van der Waals surface area contributed by atoms with E-state index in [0.29, 0.717) is 11.1 Å². The van der Waals surface area contributed by atoms with E-state index in [0.717, 1.165) is 6.20 Å². The van der Waals surface area contributed by atoms with Gasteiger partial charge in [-0.25, -0.2) is 14.4 Å². The monoisotopic (exact) mass is 214 g/mol. The van der Waals surface area contributed by atoms with Crippen molar-refractivity contribution in [3.05, 3.63) is 41.8 Å². The number of hydrogen-bond acceptors (Lipinski definition) is 4. The van der Waals surface area contributed by atoms with Crippen molar-refractivity contribution in [3.63, 3.8) is 0 Å². The van der Waals surface area contributed by atoms with Gasteiger partial charge in [0.1, 0.15) is 5.69 Å². The van der Waals surface area contributed by atoms with Crippen LogP contribution in [-0.2, 0) is 0 Å². The van der Waals surface area contributed by atoms with Crippen LogP contribution in [0, 0.1) is 17.1 Å². The van der Waals surface area contributed by atoms with Gasteiger partial charge in [-0.3, -0.25) is 0 Å². The van der Waals surface area contributed by atoms with Gasteiger partial charge in [-0.15, -0.1) is 0 Å². The zero-order chi connectivity index (χ0) is 11.5. The van der Waals surface area contributed by atoms with Gasteiger partial charge in [0, 0.05) is 5.56 Å². The van der Waals surface area contributed by atoms with E-state index in [4.69, 9.17) is 11.0 Å². The first kappa shape index (κ1) is 10.1. The Bertz CT molecular complexity index is 557. The van der Waals surface area contributed by atoms with Crippen LogP contribution in [0.25, 0.3) is 11.3 Å². The van der Waals surface area contributed by atoms with Crippen LogP contribution < -0.4 is 5.73 Å². The molecule has 0 atom stereocenters. The zero-order valence-electron chi connectivity index (χ0n) is 8.18. The SMILES string of the molecule is N#Cc1ccc(-c2nc(N)ncc2F)cc1. The maximum Gasteiger partial charge on any atom is 0.220 e. The summed E-state index contributed by atoms with van der Waals surface area (Å²) in [5.74, 6) is -0.528. The molecule has 0 amide bonds. The number of nitriles is 1. The fourth-order valence-electron chi connectivity index (χ4n) is 1.29. The van der Waals surface area contributed by atoms with E-state index in [1.165, 1.54) is 0 Å². The van der Waals surface area contributed by atoms with Crippen molar-refractivity contribution < 1.29 is 4.39 Å². The predicted octanol–water partition coefficient (Wildman–Crippen LogP) is 1.74. The maximum atomic E-state index is 13.4. The standard InChI is InChI=1S/C11H7FN4/c12-9-6-15-11(14)16-10(9)8-3-1-7(5-13)2-4-8/h1-4,6H,(H2,14,15,16). The van der Waals surface area contributed by atoms with Crippen LogP contribution in [0.1, 0.15) is 5.56 Å². The van der Waals surface area contributed by atoms with Crippen molar-refractivity contribution in [1.82, 2.24) is 9.97 Å². The summed E-state index contributed by atoms with van der Waals surface area (Å²) in [4.78, 5) is 7.35. The van der Waals surface area contributed by atoms with Crippen molar-refractivity contribution in [3.8, 4) is 17.3 Å². The molecule has 4 nitrogen and oxygen atoms in total. The van der Waals surface area contributed by atoms with E-state index in [-0.39, 0.29) is 11.6 Å². The average molecular weight is 214 g/mol. The van der Waals surface area contributed by atoms with Gasteiger partial charge in [0.2, 0.25) is 5.95 Å². The molecule has 5 heteroatoms. The number of benzene rings is 1. The Hall–Kier alpha value is -2.48. The van der Waals surface area contributed by atoms with Crippen molar-refractivity contribution >= 4 is 5.95 Å². The first-order valence-electron chi connectivity index (χ1n) is 4.49. The summed E-state index contributed by atoms with van der Waals surface area (Å²) in [5, 5.41) is 8.63. The molecule has 0 aliphatic heterocycles. The van der Waals surface area contributed by atoms with E-state index in [1.54, 1.807) is 24.3 Å². The molecule has 0 aliphatic carbocycles. The predicted molar refractivity (Wildman–Crippen MR) is 56.6 cm³/mol. The Balaban J connectivity index is 2.50. The molecule has 16 heavy (non-hydrogen) atoms. The molecule has 0 saturated carbocycles. The number of aromatic nitrogens is 2. The summed E-state index contributed by atoms with van der Waals surface area (Å²) in [6, 6.07) is 8.39. The van der Waals surface area contributed by atoms with Gasteiger partial charge >= 0.3 is 0 Å². The van der Waals surface area contributed by atoms with Crippen LogP contribution in [0.3, 0.4) is 0 Å². The molecule has 0 fully saturated rings. The normalized spacial score (nSPS) is 9.75. The summed E-state index contributed by atoms with van der Waals surface area (Å²) in [6.07, 6.45) is 1.02. The first-order valence-corrected chi connectivity index (χ1v) is 4.49. The molecule has 0 bridgehead atoms. The number of nitrogen functional groups attached to an aromatic ring is 1. The van der Waals surface area contributed by atoms with Gasteiger partial charge in [-0.1, -0.05) is 12.1 Å². The van der Waals surface area contributed by atoms with Crippen LogP contribution in [0.4, 0.5) is 10.3 Å². The Morgan fingerprint density at radius 3 is 2.56 bits per heavy atom. The second kappa shape index (κ2) is 3.95. The average Bonchev–Trinajstić information content (AvgIpc) is 2.32. The lowest BCUT2D eigenvalue weighted by Crippen LogP contribution is -1.98. The maximum absolute atomic E-state index is 13.4. The summed E-state index contributed by atoms with van der Waals surface area (Å²) >= 11 is 0. The lowest BCUT2D eigenvalue weighted by atomic mass is 10.1. The topological polar surface area (TPSA) is 75.6 Å². The zero-order valence-corrected chi connectivity index (χ0v) is 8.18. The third-order valence-corrected chi connectivity index (χ3v) is 2.05. The van der Waals surface area contributed by atoms with E-state index in [9.17, 15) is 4.39 Å². The van der Waals surface area contributed by atoms with Gasteiger partial charge in [0.05, 0.1) is 17.8 Å². The largest absolute Gasteiger partial charge is 0.368 e. The molecule has 0 aliphatic rings. The van der Waals surface area contributed by atoms with Gasteiger partial charge in [-0.2, -0.15) is 5.26 Å². The Labute approximate surface area is 91.2 Å². The van der Waals surface area contributed by atoms with Gasteiger partial charge in [0.15, 0.2) is 5.82 Å². The fourth-order valence-corrected chi connectivity index (χ4v) is 1.29. The Morgan fingerprint density at radius 2 is 1.94 bits per heavy atom. The third-order valence-electron chi connectivity index (χ3n) is 2.05. The van der Waals surface area contributed by atoms with E-state index in [2.05, 4.69) is 9.97 Å². The number of halogens is 1. The second-order valence-electron chi connectivity index (χ2n) is 3.11. The molecule has 1 aromatic heterocycles. The molecular formula is C11H7FN4. The number of nitrogens with two attached hydrogens (primary N) is 1. The van der Waals surface area contributed by atoms with Crippen molar-refractivity contribution in [1.29, 1.82) is 5.26 Å². The van der Waals surface area contributed by atoms with Gasteiger partial charge in [0.25, 0.3) is 0 Å². The van der Waals surface area contributed by atoms with Gasteiger partial charge in [-0.05, 0) is 12.1 Å². The molecule has 0 spiro atoms. The highest BCUT2D eigenvalue weighted by Gasteiger charge is 2.07. The lowest BCUT2D eigenvalue weighted by Gasteiger charge is -2.02. The highest BCUT2D eigenvalue weighted by atomic mass is 19.1. The fraction of sp³-hybridized carbons (Fsp3) is 0. The van der Waals surface area contributed by atoms with Crippen molar-refractivity contribution in [2.45, 2.75) is 0 Å². The first-order chi connectivity index (χ1) is 7.70. The van der Waals surface area contributed by atoms with E-state index < -0.39 is 5.82 Å². The molecule has 0 saturated heterocycles.